The molecule has 5 rings (SSSR count). The fraction of sp³-hybridized carbons (Fsp3) is 0.423. The third-order valence-electron chi connectivity index (χ3n) is 6.92. The van der Waals surface area contributed by atoms with E-state index in [2.05, 4.69) is 11.0 Å². The first kappa shape index (κ1) is 24.0. The number of likely N-dealkylation sites (tertiary alicyclic amines) is 1. The molecule has 0 saturated carbocycles. The van der Waals surface area contributed by atoms with Crippen molar-refractivity contribution < 1.29 is 14.3 Å². The Hall–Kier alpha value is -3.71. The number of amides is 1. The maximum atomic E-state index is 13.8. The Balaban J connectivity index is 1.59. The van der Waals surface area contributed by atoms with E-state index in [0.29, 0.717) is 39.6 Å². The maximum absolute atomic E-state index is 13.8. The molecule has 3 aromatic rings. The molecule has 0 N–H and O–H groups in total. The number of methoxy groups -OCH3 is 1. The first-order valence-electron chi connectivity index (χ1n) is 12.2. The molecule has 2 aliphatic rings. The molecule has 2 saturated heterocycles. The van der Waals surface area contributed by atoms with Crippen LogP contribution in [-0.2, 0) is 16.1 Å². The van der Waals surface area contributed by atoms with Crippen LogP contribution in [0.2, 0.25) is 0 Å². The lowest BCUT2D eigenvalue weighted by molar-refractivity contribution is -0.145. The van der Waals surface area contributed by atoms with Crippen LogP contribution in [0.3, 0.4) is 0 Å². The molecule has 2 fully saturated rings. The van der Waals surface area contributed by atoms with Crippen LogP contribution in [0.4, 0.5) is 5.95 Å². The zero-order valence-corrected chi connectivity index (χ0v) is 20.9. The second kappa shape index (κ2) is 10.1. The van der Waals surface area contributed by atoms with E-state index in [1.54, 1.807) is 22.8 Å². The molecule has 0 radical (unpaired) electrons. The van der Waals surface area contributed by atoms with Crippen molar-refractivity contribution in [1.29, 1.82) is 5.26 Å². The van der Waals surface area contributed by atoms with E-state index in [9.17, 15) is 19.6 Å². The fourth-order valence-corrected chi connectivity index (χ4v) is 6.05. The summed E-state index contributed by atoms with van der Waals surface area (Å²) in [6.45, 7) is 2.27. The molecule has 2 aromatic heterocycles. The summed E-state index contributed by atoms with van der Waals surface area (Å²) in [5, 5.41) is 9.57. The number of hydrogen-bond acceptors (Lipinski definition) is 8. The molecule has 2 aliphatic heterocycles. The number of benzene rings is 1. The normalized spacial score (nSPS) is 17.8. The van der Waals surface area contributed by atoms with Crippen molar-refractivity contribution in [2.24, 2.45) is 0 Å². The summed E-state index contributed by atoms with van der Waals surface area (Å²) in [6, 6.07) is 10.5. The van der Waals surface area contributed by atoms with Crippen LogP contribution in [0.5, 0.6) is 0 Å². The summed E-state index contributed by atoms with van der Waals surface area (Å²) in [5.41, 5.74) is 1.50. The van der Waals surface area contributed by atoms with Crippen LogP contribution in [0, 0.1) is 11.3 Å². The standard InChI is InChI=1S/C26H27N5O4S/c1-35-25(34)20-10-7-13-30(20)23(32)21-14-19-22(36-21)24(33)31(16-18-9-4-3-8-17(18)15-27)26(28-19)29-11-5-2-6-12-29/h3-4,8-9,14,20H,2,5-7,10-13,16H2,1H3. The van der Waals surface area contributed by atoms with Crippen LogP contribution in [-0.4, -0.2) is 59.1 Å². The number of hydrogen-bond donors (Lipinski definition) is 0. The van der Waals surface area contributed by atoms with Crippen molar-refractivity contribution in [3.05, 3.63) is 56.7 Å². The maximum Gasteiger partial charge on any atom is 0.328 e. The van der Waals surface area contributed by atoms with Gasteiger partial charge in [0.05, 0.1) is 35.7 Å². The molecule has 0 bridgehead atoms. The van der Waals surface area contributed by atoms with Crippen molar-refractivity contribution in [1.82, 2.24) is 14.5 Å². The number of ether oxygens (including phenoxy) is 1. The van der Waals surface area contributed by atoms with E-state index in [1.807, 2.05) is 12.1 Å². The average Bonchev–Trinajstić information content (AvgIpc) is 3.58. The molecular formula is C26H27N5O4S. The van der Waals surface area contributed by atoms with Gasteiger partial charge < -0.3 is 14.5 Å². The van der Waals surface area contributed by atoms with Gasteiger partial charge >= 0.3 is 5.97 Å². The Morgan fingerprint density at radius 1 is 1.17 bits per heavy atom. The molecule has 1 unspecified atom stereocenters. The van der Waals surface area contributed by atoms with E-state index in [1.165, 1.54) is 12.0 Å². The molecule has 1 amide bonds. The van der Waals surface area contributed by atoms with E-state index >= 15 is 0 Å². The van der Waals surface area contributed by atoms with Crippen LogP contribution in [0.15, 0.2) is 35.1 Å². The summed E-state index contributed by atoms with van der Waals surface area (Å²) < 4.78 is 6.90. The van der Waals surface area contributed by atoms with Crippen molar-refractivity contribution in [2.45, 2.75) is 44.7 Å². The van der Waals surface area contributed by atoms with Gasteiger partial charge in [-0.05, 0) is 49.8 Å². The molecule has 9 nitrogen and oxygen atoms in total. The number of nitriles is 1. The van der Waals surface area contributed by atoms with Crippen LogP contribution in [0.25, 0.3) is 10.2 Å². The van der Waals surface area contributed by atoms with Gasteiger partial charge in [0.2, 0.25) is 5.95 Å². The lowest BCUT2D eigenvalue weighted by Gasteiger charge is -2.29. The molecule has 4 heterocycles. The quantitative estimate of drug-likeness (QED) is 0.490. The van der Waals surface area contributed by atoms with Crippen LogP contribution < -0.4 is 10.5 Å². The van der Waals surface area contributed by atoms with Crippen molar-refractivity contribution >= 4 is 39.4 Å². The van der Waals surface area contributed by atoms with E-state index in [0.717, 1.165) is 55.7 Å². The van der Waals surface area contributed by atoms with E-state index in [4.69, 9.17) is 9.72 Å². The third kappa shape index (κ3) is 4.35. The monoisotopic (exact) mass is 505 g/mol. The second-order valence-electron chi connectivity index (χ2n) is 9.12. The Bertz CT molecular complexity index is 1420. The van der Waals surface area contributed by atoms with Gasteiger partial charge in [-0.25, -0.2) is 9.78 Å². The smallest absolute Gasteiger partial charge is 0.328 e. The highest BCUT2D eigenvalue weighted by atomic mass is 32.1. The predicted octanol–water partition coefficient (Wildman–Crippen LogP) is 3.15. The number of carbonyl (C=O) groups excluding carboxylic acids is 2. The van der Waals surface area contributed by atoms with Crippen LogP contribution in [0.1, 0.15) is 52.9 Å². The number of rotatable bonds is 5. The summed E-state index contributed by atoms with van der Waals surface area (Å²) in [5.74, 6) is -0.150. The number of anilines is 1. The molecule has 0 aliphatic carbocycles. The number of thiophene rings is 1. The summed E-state index contributed by atoms with van der Waals surface area (Å²) >= 11 is 1.11. The van der Waals surface area contributed by atoms with E-state index < -0.39 is 12.0 Å². The highest BCUT2D eigenvalue weighted by molar-refractivity contribution is 7.20. The van der Waals surface area contributed by atoms with Crippen molar-refractivity contribution in [3.8, 4) is 6.07 Å². The SMILES string of the molecule is COC(=O)C1CCCN1C(=O)c1cc2nc(N3CCCCC3)n(Cc3ccccc3C#N)c(=O)c2s1. The highest BCUT2D eigenvalue weighted by Crippen LogP contribution is 2.29. The Morgan fingerprint density at radius 3 is 2.69 bits per heavy atom. The Labute approximate surface area is 212 Å². The zero-order valence-electron chi connectivity index (χ0n) is 20.1. The van der Waals surface area contributed by atoms with Gasteiger partial charge in [0, 0.05) is 19.6 Å². The number of esters is 1. The van der Waals surface area contributed by atoms with Gasteiger partial charge in [-0.1, -0.05) is 18.2 Å². The van der Waals surface area contributed by atoms with Crippen molar-refractivity contribution in [2.75, 3.05) is 31.6 Å². The van der Waals surface area contributed by atoms with Gasteiger partial charge in [0.25, 0.3) is 11.5 Å². The minimum atomic E-state index is -0.608. The molecule has 36 heavy (non-hydrogen) atoms. The lowest BCUT2D eigenvalue weighted by Crippen LogP contribution is -2.40. The van der Waals surface area contributed by atoms with Gasteiger partial charge in [-0.15, -0.1) is 11.3 Å². The number of fused-ring (bicyclic) bond motifs is 1. The van der Waals surface area contributed by atoms with Crippen molar-refractivity contribution in [3.63, 3.8) is 0 Å². The molecular weight excluding hydrogens is 478 g/mol. The molecule has 1 atom stereocenters. The lowest BCUT2D eigenvalue weighted by atomic mass is 10.1. The number of aromatic nitrogens is 2. The third-order valence-corrected chi connectivity index (χ3v) is 8.02. The molecule has 1 aromatic carbocycles. The summed E-state index contributed by atoms with van der Waals surface area (Å²) in [4.78, 5) is 48.2. The Kier molecular flexibility index (Phi) is 6.74. The van der Waals surface area contributed by atoms with Gasteiger partial charge in [-0.3, -0.25) is 14.2 Å². The minimum absolute atomic E-state index is 0.217. The number of piperidine rings is 1. The van der Waals surface area contributed by atoms with Crippen LogP contribution >= 0.6 is 11.3 Å². The van der Waals surface area contributed by atoms with Gasteiger partial charge in [0.1, 0.15) is 10.7 Å². The molecule has 10 heteroatoms. The number of carbonyl (C=O) groups is 2. The summed E-state index contributed by atoms with van der Waals surface area (Å²) in [6.07, 6.45) is 4.44. The first-order valence-corrected chi connectivity index (χ1v) is 13.0. The summed E-state index contributed by atoms with van der Waals surface area (Å²) in [7, 11) is 1.32. The zero-order chi connectivity index (χ0) is 25.2. The predicted molar refractivity (Wildman–Crippen MR) is 136 cm³/mol. The van der Waals surface area contributed by atoms with Gasteiger partial charge in [0.15, 0.2) is 0 Å². The average molecular weight is 506 g/mol. The second-order valence-corrected chi connectivity index (χ2v) is 10.2. The fourth-order valence-electron chi connectivity index (χ4n) is 5.05. The largest absolute Gasteiger partial charge is 0.467 e. The minimum Gasteiger partial charge on any atom is -0.467 e. The number of nitrogens with zero attached hydrogens (tertiary/aromatic N) is 5. The van der Waals surface area contributed by atoms with Gasteiger partial charge in [-0.2, -0.15) is 5.26 Å². The first-order chi connectivity index (χ1) is 17.5. The molecule has 0 spiro atoms. The topological polar surface area (TPSA) is 109 Å². The molecule has 186 valence electrons. The highest BCUT2D eigenvalue weighted by Gasteiger charge is 2.36. The van der Waals surface area contributed by atoms with E-state index in [-0.39, 0.29) is 18.0 Å². The Morgan fingerprint density at radius 2 is 1.94 bits per heavy atom.